The first-order valence-electron chi connectivity index (χ1n) is 9.23. The lowest BCUT2D eigenvalue weighted by atomic mass is 9.79. The Labute approximate surface area is 180 Å². The fourth-order valence-corrected chi connectivity index (χ4v) is 6.12. The van der Waals surface area contributed by atoms with Crippen LogP contribution >= 0.6 is 23.1 Å². The van der Waals surface area contributed by atoms with E-state index in [4.69, 9.17) is 5.73 Å². The van der Waals surface area contributed by atoms with Crippen molar-refractivity contribution in [1.29, 1.82) is 0 Å². The zero-order valence-corrected chi connectivity index (χ0v) is 17.7. The van der Waals surface area contributed by atoms with Gasteiger partial charge in [0.2, 0.25) is 11.8 Å². The van der Waals surface area contributed by atoms with E-state index < -0.39 is 23.9 Å². The highest BCUT2D eigenvalue weighted by molar-refractivity contribution is 8.04. The van der Waals surface area contributed by atoms with Crippen molar-refractivity contribution < 1.29 is 24.6 Å². The maximum Gasteiger partial charge on any atom is 0.353 e. The minimum atomic E-state index is -1.17. The predicted octanol–water partition coefficient (Wildman–Crippen LogP) is 2.15. The van der Waals surface area contributed by atoms with Crippen LogP contribution in [-0.4, -0.2) is 50.0 Å². The van der Waals surface area contributed by atoms with Crippen LogP contribution in [0.4, 0.5) is 0 Å². The number of carbonyl (C=O) groups excluding carboxylic acids is 2. The van der Waals surface area contributed by atoms with E-state index in [-0.39, 0.29) is 23.6 Å². The number of rotatable bonds is 6. The number of aliphatic carboxylic acids is 1. The van der Waals surface area contributed by atoms with E-state index in [9.17, 15) is 24.6 Å². The Morgan fingerprint density at radius 1 is 1.37 bits per heavy atom. The maximum atomic E-state index is 12.4. The SMILES string of the molecule is C[C@H]1C(Sc2nc(-c3cccc(C(N)=O)c3)cs2)=C(C(=O)O)N2C(=O)[C@H]([C@@H](C)O)C12. The van der Waals surface area contributed by atoms with Crippen LogP contribution in [0.15, 0.2) is 44.6 Å². The van der Waals surface area contributed by atoms with Crippen molar-refractivity contribution in [3.05, 3.63) is 45.8 Å². The molecule has 8 nitrogen and oxygen atoms in total. The van der Waals surface area contributed by atoms with E-state index in [0.717, 1.165) is 5.56 Å². The molecule has 30 heavy (non-hydrogen) atoms. The summed E-state index contributed by atoms with van der Waals surface area (Å²) in [6.45, 7) is 3.41. The molecule has 2 aliphatic heterocycles. The van der Waals surface area contributed by atoms with E-state index >= 15 is 0 Å². The van der Waals surface area contributed by atoms with Gasteiger partial charge in [0.1, 0.15) is 5.70 Å². The van der Waals surface area contributed by atoms with Gasteiger partial charge >= 0.3 is 5.97 Å². The second kappa shape index (κ2) is 7.53. The number of hydrogen-bond acceptors (Lipinski definition) is 7. The fraction of sp³-hybridized carbons (Fsp3) is 0.300. The number of benzene rings is 1. The van der Waals surface area contributed by atoms with Gasteiger partial charge in [-0.25, -0.2) is 9.78 Å². The zero-order chi connectivity index (χ0) is 21.7. The number of primary amides is 1. The van der Waals surface area contributed by atoms with Gasteiger partial charge in [0.05, 0.1) is 23.8 Å². The number of fused-ring (bicyclic) bond motifs is 1. The van der Waals surface area contributed by atoms with Crippen molar-refractivity contribution in [2.24, 2.45) is 17.6 Å². The molecule has 0 spiro atoms. The number of carbonyl (C=O) groups is 3. The van der Waals surface area contributed by atoms with Gasteiger partial charge in [-0.1, -0.05) is 30.8 Å². The number of aliphatic hydroxyl groups excluding tert-OH is 1. The number of hydrogen-bond donors (Lipinski definition) is 3. The Morgan fingerprint density at radius 3 is 2.73 bits per heavy atom. The van der Waals surface area contributed by atoms with Gasteiger partial charge in [-0.05, 0) is 19.1 Å². The summed E-state index contributed by atoms with van der Waals surface area (Å²) in [5, 5.41) is 21.5. The molecular formula is C20H19N3O5S2. The highest BCUT2D eigenvalue weighted by Crippen LogP contribution is 2.52. The number of carboxylic acid groups (broad SMARTS) is 1. The molecule has 156 valence electrons. The summed E-state index contributed by atoms with van der Waals surface area (Å²) < 4.78 is 0.624. The number of β-lactam (4-membered cyclic amide) rings is 1. The van der Waals surface area contributed by atoms with Gasteiger partial charge < -0.3 is 20.8 Å². The van der Waals surface area contributed by atoms with Crippen LogP contribution < -0.4 is 5.73 Å². The van der Waals surface area contributed by atoms with Crippen molar-refractivity contribution in [2.75, 3.05) is 0 Å². The smallest absolute Gasteiger partial charge is 0.353 e. The van der Waals surface area contributed by atoms with E-state index in [0.29, 0.717) is 20.5 Å². The van der Waals surface area contributed by atoms with Crippen LogP contribution in [-0.2, 0) is 9.59 Å². The fourth-order valence-electron chi connectivity index (χ4n) is 4.02. The van der Waals surface area contributed by atoms with E-state index in [2.05, 4.69) is 4.98 Å². The van der Waals surface area contributed by atoms with Crippen LogP contribution in [0, 0.1) is 11.8 Å². The number of aliphatic hydroxyl groups is 1. The lowest BCUT2D eigenvalue weighted by Gasteiger charge is -2.46. The monoisotopic (exact) mass is 445 g/mol. The molecule has 2 aliphatic rings. The molecule has 4 atom stereocenters. The third-order valence-corrected chi connectivity index (χ3v) is 7.66. The molecule has 2 aromatic rings. The molecule has 4 rings (SSSR count). The van der Waals surface area contributed by atoms with Gasteiger partial charge in [-0.2, -0.15) is 0 Å². The summed E-state index contributed by atoms with van der Waals surface area (Å²) in [4.78, 5) is 42.1. The molecule has 10 heteroatoms. The minimum absolute atomic E-state index is 0.0353. The molecule has 1 aromatic carbocycles. The zero-order valence-electron chi connectivity index (χ0n) is 16.1. The third-order valence-electron chi connectivity index (χ3n) is 5.43. The standard InChI is InChI=1S/C20H19N3O5S2/c1-8-14-13(9(2)24)18(26)23(14)15(19(27)28)16(8)30-20-22-12(7-29-20)10-4-3-5-11(6-10)17(21)25/h3-9,13-14,24H,1-2H3,(H2,21,25)(H,27,28)/t8-,9-,13-,14?/m1/s1. The minimum Gasteiger partial charge on any atom is -0.477 e. The average molecular weight is 446 g/mol. The van der Waals surface area contributed by atoms with Crippen LogP contribution in [0.3, 0.4) is 0 Å². The molecule has 2 amide bonds. The first-order chi connectivity index (χ1) is 14.2. The summed E-state index contributed by atoms with van der Waals surface area (Å²) in [6, 6.07) is 6.45. The first kappa shape index (κ1) is 20.6. The molecule has 1 aromatic heterocycles. The number of thiazole rings is 1. The molecular weight excluding hydrogens is 426 g/mol. The number of carboxylic acids is 1. The Morgan fingerprint density at radius 2 is 2.10 bits per heavy atom. The first-order valence-corrected chi connectivity index (χ1v) is 10.9. The topological polar surface area (TPSA) is 134 Å². The lowest BCUT2D eigenvalue weighted by Crippen LogP contribution is -2.63. The van der Waals surface area contributed by atoms with E-state index in [1.165, 1.54) is 28.0 Å². The van der Waals surface area contributed by atoms with Crippen molar-refractivity contribution in [3.8, 4) is 11.3 Å². The molecule has 3 heterocycles. The normalized spacial score (nSPS) is 23.9. The van der Waals surface area contributed by atoms with Crippen molar-refractivity contribution in [1.82, 2.24) is 9.88 Å². The summed E-state index contributed by atoms with van der Waals surface area (Å²) in [5.74, 6) is -2.90. The van der Waals surface area contributed by atoms with Gasteiger partial charge in [0, 0.05) is 27.3 Å². The summed E-state index contributed by atoms with van der Waals surface area (Å²) in [7, 11) is 0. The number of nitrogens with two attached hydrogens (primary N) is 1. The molecule has 0 aliphatic carbocycles. The van der Waals surface area contributed by atoms with Crippen LogP contribution in [0.25, 0.3) is 11.3 Å². The Kier molecular flexibility index (Phi) is 5.16. The van der Waals surface area contributed by atoms with Crippen molar-refractivity contribution in [3.63, 3.8) is 0 Å². The largest absolute Gasteiger partial charge is 0.477 e. The molecule has 0 saturated carbocycles. The molecule has 4 N–H and O–H groups in total. The summed E-state index contributed by atoms with van der Waals surface area (Å²) in [6.07, 6.45) is -0.843. The van der Waals surface area contributed by atoms with Gasteiger partial charge in [-0.15, -0.1) is 11.3 Å². The highest BCUT2D eigenvalue weighted by Gasteiger charge is 2.60. The van der Waals surface area contributed by atoms with Gasteiger partial charge in [0.15, 0.2) is 4.34 Å². The maximum absolute atomic E-state index is 12.4. The molecule has 1 fully saturated rings. The van der Waals surface area contributed by atoms with Crippen LogP contribution in [0.2, 0.25) is 0 Å². The summed E-state index contributed by atoms with van der Waals surface area (Å²) in [5.41, 5.74) is 7.06. The molecule has 1 saturated heterocycles. The number of nitrogens with zero attached hydrogens (tertiary/aromatic N) is 2. The second-order valence-electron chi connectivity index (χ2n) is 7.32. The number of amides is 2. The van der Waals surface area contributed by atoms with E-state index in [1.54, 1.807) is 25.1 Å². The Bertz CT molecular complexity index is 1090. The lowest BCUT2D eigenvalue weighted by molar-refractivity contribution is -0.163. The Hall–Kier alpha value is -2.69. The second-order valence-corrected chi connectivity index (χ2v) is 9.46. The average Bonchev–Trinajstić information content (AvgIpc) is 3.24. The molecule has 0 radical (unpaired) electrons. The quantitative estimate of drug-likeness (QED) is 0.580. The molecule has 1 unspecified atom stereocenters. The van der Waals surface area contributed by atoms with Gasteiger partial charge in [0.25, 0.3) is 0 Å². The highest BCUT2D eigenvalue weighted by atomic mass is 32.2. The molecule has 0 bridgehead atoms. The number of aromatic nitrogens is 1. The van der Waals surface area contributed by atoms with E-state index in [1.807, 2.05) is 18.4 Å². The van der Waals surface area contributed by atoms with Crippen molar-refractivity contribution >= 4 is 40.9 Å². The Balaban J connectivity index is 1.63. The predicted molar refractivity (Wildman–Crippen MR) is 112 cm³/mol. The van der Waals surface area contributed by atoms with Crippen molar-refractivity contribution in [2.45, 2.75) is 30.3 Å². The number of thioether (sulfide) groups is 1. The van der Waals surface area contributed by atoms with Crippen LogP contribution in [0.5, 0.6) is 0 Å². The third kappa shape index (κ3) is 3.21. The summed E-state index contributed by atoms with van der Waals surface area (Å²) >= 11 is 2.57. The van der Waals surface area contributed by atoms with Gasteiger partial charge in [-0.3, -0.25) is 9.59 Å². The van der Waals surface area contributed by atoms with Crippen LogP contribution in [0.1, 0.15) is 24.2 Å².